The van der Waals surface area contributed by atoms with Gasteiger partial charge in [-0.2, -0.15) is 0 Å². The molecule has 0 saturated carbocycles. The van der Waals surface area contributed by atoms with Crippen LogP contribution in [0.15, 0.2) is 88.2 Å². The first kappa shape index (κ1) is 21.6. The third-order valence-corrected chi connectivity index (χ3v) is 8.29. The van der Waals surface area contributed by atoms with Crippen molar-refractivity contribution in [2.45, 2.75) is 18.9 Å². The highest BCUT2D eigenvalue weighted by Crippen LogP contribution is 2.41. The fourth-order valence-electron chi connectivity index (χ4n) is 4.88. The molecular formula is C28H21IN2O2S. The molecule has 1 aliphatic carbocycles. The van der Waals surface area contributed by atoms with Gasteiger partial charge >= 0.3 is 0 Å². The first-order valence-electron chi connectivity index (χ1n) is 11.2. The number of allylic oxidation sites excluding steroid dienone is 1. The van der Waals surface area contributed by atoms with Crippen LogP contribution in [0.2, 0.25) is 0 Å². The molecule has 1 unspecified atom stereocenters. The van der Waals surface area contributed by atoms with E-state index in [0.717, 1.165) is 43.8 Å². The summed E-state index contributed by atoms with van der Waals surface area (Å²) in [7, 11) is 1.67. The molecule has 1 atom stereocenters. The van der Waals surface area contributed by atoms with Crippen molar-refractivity contribution >= 4 is 45.7 Å². The minimum atomic E-state index is -0.140. The predicted molar refractivity (Wildman–Crippen MR) is 145 cm³/mol. The summed E-state index contributed by atoms with van der Waals surface area (Å²) in [4.78, 5) is 19.6. The minimum Gasteiger partial charge on any atom is -0.496 e. The van der Waals surface area contributed by atoms with Crippen LogP contribution in [0.3, 0.4) is 0 Å². The van der Waals surface area contributed by atoms with Gasteiger partial charge in [0.15, 0.2) is 4.80 Å². The molecule has 34 heavy (non-hydrogen) atoms. The second-order valence-electron chi connectivity index (χ2n) is 8.42. The Morgan fingerprint density at radius 3 is 2.65 bits per heavy atom. The van der Waals surface area contributed by atoms with Gasteiger partial charge in [0.05, 0.1) is 27.0 Å². The second-order valence-corrected chi connectivity index (χ2v) is 10.6. The van der Waals surface area contributed by atoms with Gasteiger partial charge in [-0.3, -0.25) is 9.36 Å². The van der Waals surface area contributed by atoms with Crippen LogP contribution in [0.4, 0.5) is 0 Å². The van der Waals surface area contributed by atoms with Gasteiger partial charge in [-0.1, -0.05) is 72.0 Å². The lowest BCUT2D eigenvalue weighted by Gasteiger charge is -2.30. The monoisotopic (exact) mass is 576 g/mol. The lowest BCUT2D eigenvalue weighted by Crippen LogP contribution is -2.38. The number of halogens is 1. The molecule has 0 saturated heterocycles. The number of fused-ring (bicyclic) bond motifs is 3. The van der Waals surface area contributed by atoms with Crippen LogP contribution in [-0.4, -0.2) is 11.7 Å². The van der Waals surface area contributed by atoms with Crippen LogP contribution < -0.4 is 19.6 Å². The number of aromatic nitrogens is 1. The molecule has 0 spiro atoms. The zero-order valence-corrected chi connectivity index (χ0v) is 21.5. The van der Waals surface area contributed by atoms with Crippen molar-refractivity contribution in [1.29, 1.82) is 0 Å². The summed E-state index contributed by atoms with van der Waals surface area (Å²) in [5.74, 6) is 0.828. The molecule has 4 nitrogen and oxygen atoms in total. The average Bonchev–Trinajstić information content (AvgIpc) is 3.17. The first-order valence-corrected chi connectivity index (χ1v) is 13.0. The Morgan fingerprint density at radius 2 is 1.85 bits per heavy atom. The van der Waals surface area contributed by atoms with Gasteiger partial charge in [0, 0.05) is 5.56 Å². The summed E-state index contributed by atoms with van der Waals surface area (Å²) in [6.07, 6.45) is 3.82. The molecule has 1 aliphatic heterocycles. The molecular weight excluding hydrogens is 555 g/mol. The molecule has 4 aromatic rings. The van der Waals surface area contributed by atoms with Gasteiger partial charge in [0.2, 0.25) is 0 Å². The highest BCUT2D eigenvalue weighted by Gasteiger charge is 2.32. The standard InChI is InChI=1S/C28H21IN2O2S/c1-33-23-14-11-17(15-22(23)29)16-24-27(32)31-26(19-8-3-2-4-9-19)21-13-12-18-7-5-6-10-20(18)25(21)30-28(31)34-24/h2-11,14-16,26H,12-13H2,1H3. The fraction of sp³-hybridized carbons (Fsp3) is 0.143. The first-order chi connectivity index (χ1) is 16.6. The van der Waals surface area contributed by atoms with Crippen molar-refractivity contribution in [2.24, 2.45) is 4.99 Å². The van der Waals surface area contributed by atoms with E-state index in [2.05, 4.69) is 59.0 Å². The van der Waals surface area contributed by atoms with Crippen molar-refractivity contribution in [3.05, 3.63) is 124 Å². The maximum atomic E-state index is 13.8. The van der Waals surface area contributed by atoms with E-state index < -0.39 is 0 Å². The number of hydrogen-bond donors (Lipinski definition) is 0. The second kappa shape index (κ2) is 8.67. The quantitative estimate of drug-likeness (QED) is 0.325. The van der Waals surface area contributed by atoms with Crippen LogP contribution in [0.5, 0.6) is 5.75 Å². The molecule has 0 N–H and O–H groups in total. The van der Waals surface area contributed by atoms with Crippen molar-refractivity contribution in [2.75, 3.05) is 7.11 Å². The smallest absolute Gasteiger partial charge is 0.271 e. The van der Waals surface area contributed by atoms with Crippen LogP contribution in [-0.2, 0) is 6.42 Å². The van der Waals surface area contributed by atoms with Gasteiger partial charge in [0.25, 0.3) is 5.56 Å². The summed E-state index contributed by atoms with van der Waals surface area (Å²) in [5, 5.41) is 0. The number of thiazole rings is 1. The van der Waals surface area contributed by atoms with Crippen LogP contribution in [0.1, 0.15) is 34.7 Å². The Labute approximate surface area is 214 Å². The topological polar surface area (TPSA) is 43.6 Å². The van der Waals surface area contributed by atoms with Gasteiger partial charge in [-0.15, -0.1) is 0 Å². The van der Waals surface area contributed by atoms with E-state index in [0.29, 0.717) is 4.53 Å². The maximum absolute atomic E-state index is 13.8. The molecule has 1 aromatic heterocycles. The van der Waals surface area contributed by atoms with E-state index in [9.17, 15) is 4.79 Å². The Balaban J connectivity index is 1.59. The molecule has 0 fully saturated rings. The minimum absolute atomic E-state index is 0.00818. The van der Waals surface area contributed by atoms with Crippen molar-refractivity contribution in [3.63, 3.8) is 0 Å². The fourth-order valence-corrected chi connectivity index (χ4v) is 6.64. The van der Waals surface area contributed by atoms with Crippen LogP contribution >= 0.6 is 33.9 Å². The van der Waals surface area contributed by atoms with Gasteiger partial charge < -0.3 is 4.74 Å². The summed E-state index contributed by atoms with van der Waals surface area (Å²) in [5.41, 5.74) is 6.87. The van der Waals surface area contributed by atoms with E-state index in [1.54, 1.807) is 7.11 Å². The Kier molecular flexibility index (Phi) is 5.50. The Hall–Kier alpha value is -2.97. The highest BCUT2D eigenvalue weighted by molar-refractivity contribution is 14.1. The molecule has 0 amide bonds. The van der Waals surface area contributed by atoms with Gasteiger partial charge in [-0.25, -0.2) is 4.99 Å². The number of nitrogens with zero attached hydrogens (tertiary/aromatic N) is 2. The number of methoxy groups -OCH3 is 1. The Bertz CT molecular complexity index is 1630. The highest BCUT2D eigenvalue weighted by atomic mass is 127. The SMILES string of the molecule is COc1ccc(C=c2sc3n(c2=O)C(c2ccccc2)C2=C(N=3)c3ccccc3CC2)cc1I. The summed E-state index contributed by atoms with van der Waals surface area (Å²) in [6, 6.07) is 24.7. The van der Waals surface area contributed by atoms with Gasteiger partial charge in [0.1, 0.15) is 5.75 Å². The summed E-state index contributed by atoms with van der Waals surface area (Å²) < 4.78 is 8.98. The Morgan fingerprint density at radius 1 is 1.06 bits per heavy atom. The summed E-state index contributed by atoms with van der Waals surface area (Å²) in [6.45, 7) is 0. The van der Waals surface area contributed by atoms with Crippen molar-refractivity contribution < 1.29 is 4.74 Å². The van der Waals surface area contributed by atoms with Crippen molar-refractivity contribution in [1.82, 2.24) is 4.57 Å². The molecule has 2 aliphatic rings. The third kappa shape index (κ3) is 3.56. The van der Waals surface area contributed by atoms with Crippen molar-refractivity contribution in [3.8, 4) is 5.75 Å². The van der Waals surface area contributed by atoms with E-state index >= 15 is 0 Å². The molecule has 168 valence electrons. The molecule has 0 radical (unpaired) electrons. The number of benzene rings is 3. The largest absolute Gasteiger partial charge is 0.496 e. The number of hydrogen-bond acceptors (Lipinski definition) is 4. The van der Waals surface area contributed by atoms with E-state index in [-0.39, 0.29) is 11.6 Å². The van der Waals surface area contributed by atoms with E-state index in [1.165, 1.54) is 28.0 Å². The molecule has 2 heterocycles. The third-order valence-electron chi connectivity index (χ3n) is 6.46. The lowest BCUT2D eigenvalue weighted by molar-refractivity contribution is 0.412. The average molecular weight is 576 g/mol. The number of aryl methyl sites for hydroxylation is 1. The maximum Gasteiger partial charge on any atom is 0.271 e. The van der Waals surface area contributed by atoms with Crippen LogP contribution in [0.25, 0.3) is 11.8 Å². The van der Waals surface area contributed by atoms with E-state index in [1.807, 2.05) is 47.0 Å². The number of rotatable bonds is 3. The van der Waals surface area contributed by atoms with Crippen LogP contribution in [0, 0.1) is 3.57 Å². The molecule has 6 heteroatoms. The number of ether oxygens (including phenoxy) is 1. The summed E-state index contributed by atoms with van der Waals surface area (Å²) >= 11 is 3.72. The molecule has 0 bridgehead atoms. The van der Waals surface area contributed by atoms with Gasteiger partial charge in [-0.05, 0) is 75.9 Å². The van der Waals surface area contributed by atoms with E-state index in [4.69, 9.17) is 9.73 Å². The predicted octanol–water partition coefficient (Wildman–Crippen LogP) is 4.93. The normalized spacial score (nSPS) is 17.0. The molecule has 3 aromatic carbocycles. The lowest BCUT2D eigenvalue weighted by atomic mass is 9.83. The molecule has 6 rings (SSSR count). The zero-order chi connectivity index (χ0) is 23.2. The zero-order valence-electron chi connectivity index (χ0n) is 18.5.